The molecule has 0 N–H and O–H groups in total. The highest BCUT2D eigenvalue weighted by atomic mass is 35.5. The number of hydrogen-bond donors (Lipinski definition) is 0. The number of ether oxygens (including phenoxy) is 3. The highest BCUT2D eigenvalue weighted by molar-refractivity contribution is 6.31. The maximum Gasteiger partial charge on any atom is 0.453 e. The quantitative estimate of drug-likeness (QED) is 0.248. The fraction of sp³-hybridized carbons (Fsp3) is 0.250. The maximum absolute atomic E-state index is 14.2. The molecule has 0 unspecified atom stereocenters. The van der Waals surface area contributed by atoms with Crippen molar-refractivity contribution in [1.82, 2.24) is 4.90 Å². The van der Waals surface area contributed by atoms with E-state index in [9.17, 15) is 18.0 Å². The predicted molar refractivity (Wildman–Crippen MR) is 136 cm³/mol. The topological polar surface area (TPSA) is 61.1 Å². The number of fused-ring (bicyclic) bond motifs is 3. The van der Waals surface area contributed by atoms with E-state index in [0.29, 0.717) is 29.3 Å². The fourth-order valence-corrected chi connectivity index (χ4v) is 4.55. The summed E-state index contributed by atoms with van der Waals surface area (Å²) in [6, 6.07) is 16.6. The smallest absolute Gasteiger partial charge is 0.453 e. The van der Waals surface area contributed by atoms with E-state index in [1.807, 2.05) is 23.1 Å². The van der Waals surface area contributed by atoms with E-state index in [4.69, 9.17) is 30.2 Å². The van der Waals surface area contributed by atoms with Crippen LogP contribution in [-0.4, -0.2) is 24.8 Å². The van der Waals surface area contributed by atoms with Crippen LogP contribution in [0.4, 0.5) is 13.2 Å². The van der Waals surface area contributed by atoms with E-state index < -0.39 is 23.1 Å². The van der Waals surface area contributed by atoms with Gasteiger partial charge in [-0.15, -0.1) is 0 Å². The minimum absolute atomic E-state index is 0.0291. The molecule has 3 aromatic carbocycles. The lowest BCUT2D eigenvalue weighted by molar-refractivity contribution is -0.154. The first kappa shape index (κ1) is 25.9. The second-order valence-corrected chi connectivity index (χ2v) is 9.06. The Morgan fingerprint density at radius 2 is 1.76 bits per heavy atom. The summed E-state index contributed by atoms with van der Waals surface area (Å²) in [5.41, 5.74) is 0.170. The van der Waals surface area contributed by atoms with Crippen molar-refractivity contribution in [3.63, 3.8) is 0 Å². The third-order valence-corrected chi connectivity index (χ3v) is 6.51. The van der Waals surface area contributed by atoms with Crippen molar-refractivity contribution >= 4 is 22.6 Å². The van der Waals surface area contributed by atoms with Gasteiger partial charge in [-0.05, 0) is 49.2 Å². The average Bonchev–Trinajstić information content (AvgIpc) is 2.90. The summed E-state index contributed by atoms with van der Waals surface area (Å²) in [5, 5.41) is 0.590. The molecule has 0 atom stereocenters. The van der Waals surface area contributed by atoms with Crippen LogP contribution in [0.5, 0.6) is 23.0 Å². The third-order valence-electron chi connectivity index (χ3n) is 6.14. The first-order chi connectivity index (χ1) is 18.3. The van der Waals surface area contributed by atoms with E-state index in [1.54, 1.807) is 37.3 Å². The van der Waals surface area contributed by atoms with Gasteiger partial charge in [-0.25, -0.2) is 0 Å². The molecule has 0 bridgehead atoms. The molecule has 0 amide bonds. The van der Waals surface area contributed by atoms with Crippen molar-refractivity contribution in [2.75, 3.05) is 19.9 Å². The molecule has 2 heterocycles. The summed E-state index contributed by atoms with van der Waals surface area (Å²) in [6.45, 7) is 2.98. The summed E-state index contributed by atoms with van der Waals surface area (Å²) < 4.78 is 64.7. The minimum Gasteiger partial charge on any atom is -0.490 e. The van der Waals surface area contributed by atoms with Gasteiger partial charge in [0.1, 0.15) is 18.1 Å². The molecule has 0 aliphatic carbocycles. The molecule has 6 nitrogen and oxygen atoms in total. The second kappa shape index (κ2) is 10.6. The number of benzene rings is 3. The van der Waals surface area contributed by atoms with Crippen molar-refractivity contribution in [2.45, 2.75) is 26.1 Å². The molecule has 0 fully saturated rings. The lowest BCUT2D eigenvalue weighted by atomic mass is 10.1. The van der Waals surface area contributed by atoms with Crippen LogP contribution in [0.25, 0.3) is 11.0 Å². The number of halogens is 4. The third kappa shape index (κ3) is 5.16. The van der Waals surface area contributed by atoms with Crippen molar-refractivity contribution in [3.8, 4) is 23.0 Å². The Morgan fingerprint density at radius 3 is 2.50 bits per heavy atom. The van der Waals surface area contributed by atoms with Gasteiger partial charge in [0.25, 0.3) is 5.76 Å². The van der Waals surface area contributed by atoms with E-state index in [-0.39, 0.29) is 42.4 Å². The van der Waals surface area contributed by atoms with Crippen molar-refractivity contribution in [1.29, 1.82) is 0 Å². The summed E-state index contributed by atoms with van der Waals surface area (Å²) in [7, 11) is 0. The standard InChI is InChI=1S/C28H23ClF3NO5/c1-2-35-22-9-5-6-10-23(22)37-26-24(34)18-11-12-21-19(25(18)38-27(26)28(30,31)32)15-33(16-36-21)14-13-17-7-3-4-8-20(17)29/h3-12H,2,13-16H2,1H3. The Balaban J connectivity index is 1.54. The zero-order valence-electron chi connectivity index (χ0n) is 20.3. The van der Waals surface area contributed by atoms with Crippen LogP contribution in [0.3, 0.4) is 0 Å². The van der Waals surface area contributed by atoms with Crippen molar-refractivity contribution in [3.05, 3.63) is 92.8 Å². The zero-order chi connectivity index (χ0) is 26.9. The van der Waals surface area contributed by atoms with Crippen LogP contribution < -0.4 is 19.6 Å². The number of alkyl halides is 3. The lowest BCUT2D eigenvalue weighted by Crippen LogP contribution is -2.34. The number of hydrogen-bond acceptors (Lipinski definition) is 6. The van der Waals surface area contributed by atoms with E-state index >= 15 is 0 Å². The highest BCUT2D eigenvalue weighted by Crippen LogP contribution is 2.42. The number of nitrogens with zero attached hydrogens (tertiary/aromatic N) is 1. The molecule has 10 heteroatoms. The van der Waals surface area contributed by atoms with Crippen LogP contribution in [0.2, 0.25) is 5.02 Å². The van der Waals surface area contributed by atoms with Crippen LogP contribution >= 0.6 is 11.6 Å². The molecule has 1 aliphatic heterocycles. The summed E-state index contributed by atoms with van der Waals surface area (Å²) in [6.07, 6.45) is -4.39. The molecule has 198 valence electrons. The van der Waals surface area contributed by atoms with Gasteiger partial charge in [0.05, 0.1) is 17.6 Å². The lowest BCUT2D eigenvalue weighted by Gasteiger charge is -2.29. The van der Waals surface area contributed by atoms with Crippen LogP contribution in [-0.2, 0) is 19.1 Å². The molecule has 38 heavy (non-hydrogen) atoms. The molecule has 0 radical (unpaired) electrons. The molecule has 0 spiro atoms. The van der Waals surface area contributed by atoms with Crippen LogP contribution in [0, 0.1) is 0 Å². The zero-order valence-corrected chi connectivity index (χ0v) is 21.1. The summed E-state index contributed by atoms with van der Waals surface area (Å²) in [5.74, 6) is -1.94. The van der Waals surface area contributed by atoms with Gasteiger partial charge in [0.2, 0.25) is 11.2 Å². The minimum atomic E-state index is -4.99. The first-order valence-electron chi connectivity index (χ1n) is 11.9. The highest BCUT2D eigenvalue weighted by Gasteiger charge is 2.41. The Bertz CT molecular complexity index is 1540. The fourth-order valence-electron chi connectivity index (χ4n) is 4.32. The van der Waals surface area contributed by atoms with Crippen molar-refractivity contribution < 1.29 is 31.8 Å². The Labute approximate surface area is 221 Å². The molecule has 0 saturated heterocycles. The van der Waals surface area contributed by atoms with Crippen LogP contribution in [0.1, 0.15) is 23.8 Å². The second-order valence-electron chi connectivity index (χ2n) is 8.66. The monoisotopic (exact) mass is 545 g/mol. The molecular weight excluding hydrogens is 523 g/mol. The van der Waals surface area contributed by atoms with Gasteiger partial charge >= 0.3 is 6.18 Å². The van der Waals surface area contributed by atoms with E-state index in [0.717, 1.165) is 5.56 Å². The molecule has 5 rings (SSSR count). The van der Waals surface area contributed by atoms with E-state index in [2.05, 4.69) is 0 Å². The number of rotatable bonds is 7. The van der Waals surface area contributed by atoms with Gasteiger partial charge in [-0.3, -0.25) is 9.69 Å². The van der Waals surface area contributed by atoms with Gasteiger partial charge in [0, 0.05) is 18.1 Å². The average molecular weight is 546 g/mol. The largest absolute Gasteiger partial charge is 0.490 e. The van der Waals surface area contributed by atoms with Gasteiger partial charge < -0.3 is 18.6 Å². The summed E-state index contributed by atoms with van der Waals surface area (Å²) >= 11 is 6.25. The molecule has 4 aromatic rings. The van der Waals surface area contributed by atoms with Gasteiger partial charge in [-0.1, -0.05) is 41.9 Å². The van der Waals surface area contributed by atoms with E-state index in [1.165, 1.54) is 12.1 Å². The summed E-state index contributed by atoms with van der Waals surface area (Å²) in [4.78, 5) is 15.3. The first-order valence-corrected chi connectivity index (χ1v) is 12.3. The van der Waals surface area contributed by atoms with Gasteiger partial charge in [0.15, 0.2) is 11.5 Å². The van der Waals surface area contributed by atoms with Crippen molar-refractivity contribution in [2.24, 2.45) is 0 Å². The number of para-hydroxylation sites is 2. The van der Waals surface area contributed by atoms with Gasteiger partial charge in [-0.2, -0.15) is 13.2 Å². The van der Waals surface area contributed by atoms with Crippen LogP contribution in [0.15, 0.2) is 69.9 Å². The Morgan fingerprint density at radius 1 is 1.03 bits per heavy atom. The molecule has 1 aromatic heterocycles. The molecule has 0 saturated carbocycles. The Kier molecular flexibility index (Phi) is 7.23. The Hall–Kier alpha value is -3.69. The molecule has 1 aliphatic rings. The predicted octanol–water partition coefficient (Wildman–Crippen LogP) is 7.05. The normalized spacial score (nSPS) is 13.7. The molecular formula is C28H23ClF3NO5. The maximum atomic E-state index is 14.2. The SMILES string of the molecule is CCOc1ccccc1Oc1c(C(F)(F)F)oc2c3c(ccc2c1=O)OCN(CCc1ccccc1Cl)C3.